The van der Waals surface area contributed by atoms with Crippen LogP contribution < -0.4 is 5.32 Å². The molecule has 0 radical (unpaired) electrons. The van der Waals surface area contributed by atoms with Gasteiger partial charge in [0.1, 0.15) is 11.6 Å². The van der Waals surface area contributed by atoms with E-state index in [2.05, 4.69) is 40.2 Å². The number of nitrogens with one attached hydrogen (secondary N) is 1. The Bertz CT molecular complexity index is 552. The van der Waals surface area contributed by atoms with Crippen LogP contribution in [0.15, 0.2) is 24.4 Å². The third-order valence-electron chi connectivity index (χ3n) is 3.06. The molecule has 2 rings (SSSR count). The highest BCUT2D eigenvalue weighted by atomic mass is 15.0. The second kappa shape index (κ2) is 6.27. The van der Waals surface area contributed by atoms with Crippen molar-refractivity contribution in [3.63, 3.8) is 0 Å². The van der Waals surface area contributed by atoms with Crippen molar-refractivity contribution in [3.8, 4) is 0 Å². The lowest BCUT2D eigenvalue weighted by atomic mass is 10.1. The van der Waals surface area contributed by atoms with Crippen LogP contribution in [0, 0.1) is 6.92 Å². The van der Waals surface area contributed by atoms with Gasteiger partial charge in [-0.25, -0.2) is 9.97 Å². The predicted molar refractivity (Wildman–Crippen MR) is 77.1 cm³/mol. The first kappa shape index (κ1) is 13.5. The number of aromatic nitrogens is 3. The number of anilines is 1. The first-order chi connectivity index (χ1) is 9.22. The molecule has 0 aliphatic carbocycles. The van der Waals surface area contributed by atoms with Crippen molar-refractivity contribution in [2.45, 2.75) is 40.2 Å². The van der Waals surface area contributed by atoms with Crippen molar-refractivity contribution in [3.05, 3.63) is 47.2 Å². The fourth-order valence-corrected chi connectivity index (χ4v) is 2.03. The molecular weight excluding hydrogens is 236 g/mol. The summed E-state index contributed by atoms with van der Waals surface area (Å²) in [5.41, 5.74) is 3.42. The summed E-state index contributed by atoms with van der Waals surface area (Å²) in [7, 11) is 0. The van der Waals surface area contributed by atoms with Crippen LogP contribution in [0.4, 0.5) is 5.82 Å². The van der Waals surface area contributed by atoms with Gasteiger partial charge in [0.05, 0.1) is 12.2 Å². The average Bonchev–Trinajstić information content (AvgIpc) is 2.44. The van der Waals surface area contributed by atoms with Crippen LogP contribution in [-0.2, 0) is 19.4 Å². The van der Waals surface area contributed by atoms with E-state index in [0.29, 0.717) is 6.54 Å². The molecule has 0 fully saturated rings. The van der Waals surface area contributed by atoms with Gasteiger partial charge in [0.2, 0.25) is 0 Å². The van der Waals surface area contributed by atoms with Crippen molar-refractivity contribution in [2.75, 3.05) is 5.32 Å². The minimum atomic E-state index is 0.698. The normalized spacial score (nSPS) is 10.5. The van der Waals surface area contributed by atoms with Gasteiger partial charge in [0.15, 0.2) is 0 Å². The van der Waals surface area contributed by atoms with E-state index in [9.17, 15) is 0 Å². The smallest absolute Gasteiger partial charge is 0.130 e. The Hall–Kier alpha value is -1.97. The second-order valence-electron chi connectivity index (χ2n) is 4.46. The van der Waals surface area contributed by atoms with Gasteiger partial charge >= 0.3 is 0 Å². The van der Waals surface area contributed by atoms with Gasteiger partial charge in [0, 0.05) is 18.0 Å². The fourth-order valence-electron chi connectivity index (χ4n) is 2.03. The molecule has 0 saturated heterocycles. The lowest BCUT2D eigenvalue weighted by Crippen LogP contribution is -2.07. The van der Waals surface area contributed by atoms with Crippen LogP contribution >= 0.6 is 0 Å². The minimum absolute atomic E-state index is 0.698. The van der Waals surface area contributed by atoms with Crippen LogP contribution in [-0.4, -0.2) is 15.0 Å². The minimum Gasteiger partial charge on any atom is -0.364 e. The van der Waals surface area contributed by atoms with Gasteiger partial charge in [-0.15, -0.1) is 0 Å². The molecule has 0 aliphatic heterocycles. The first-order valence-electron chi connectivity index (χ1n) is 6.74. The Balaban J connectivity index is 2.12. The number of aryl methyl sites for hydroxylation is 3. The van der Waals surface area contributed by atoms with Crippen molar-refractivity contribution < 1.29 is 0 Å². The van der Waals surface area contributed by atoms with Crippen LogP contribution in [0.2, 0.25) is 0 Å². The zero-order valence-electron chi connectivity index (χ0n) is 11.8. The highest BCUT2D eigenvalue weighted by Gasteiger charge is 2.04. The number of rotatable bonds is 5. The molecule has 2 aromatic rings. The van der Waals surface area contributed by atoms with Gasteiger partial charge in [-0.3, -0.25) is 4.98 Å². The summed E-state index contributed by atoms with van der Waals surface area (Å²) in [6.45, 7) is 6.86. The van der Waals surface area contributed by atoms with Gasteiger partial charge in [0.25, 0.3) is 0 Å². The van der Waals surface area contributed by atoms with Crippen molar-refractivity contribution in [1.29, 1.82) is 0 Å². The van der Waals surface area contributed by atoms with Gasteiger partial charge in [-0.2, -0.15) is 0 Å². The Morgan fingerprint density at radius 2 is 2.00 bits per heavy atom. The van der Waals surface area contributed by atoms with Gasteiger partial charge in [-0.1, -0.05) is 19.9 Å². The lowest BCUT2D eigenvalue weighted by Gasteiger charge is -2.10. The van der Waals surface area contributed by atoms with Crippen molar-refractivity contribution >= 4 is 5.82 Å². The molecular formula is C15H20N4. The topological polar surface area (TPSA) is 50.7 Å². The van der Waals surface area contributed by atoms with E-state index in [1.54, 1.807) is 0 Å². The van der Waals surface area contributed by atoms with Crippen LogP contribution in [0.1, 0.15) is 36.6 Å². The quantitative estimate of drug-likeness (QED) is 0.893. The summed E-state index contributed by atoms with van der Waals surface area (Å²) >= 11 is 0. The highest BCUT2D eigenvalue weighted by Crippen LogP contribution is 2.11. The molecule has 2 aromatic heterocycles. The van der Waals surface area contributed by atoms with E-state index >= 15 is 0 Å². The zero-order valence-corrected chi connectivity index (χ0v) is 11.8. The monoisotopic (exact) mass is 256 g/mol. The van der Waals surface area contributed by atoms with E-state index < -0.39 is 0 Å². The standard InChI is InChI=1S/C15H20N4/c1-4-12-7-6-8-16-14(12)10-17-15-9-13(5-2)18-11(3)19-15/h6-9H,4-5,10H2,1-3H3,(H,17,18,19). The molecule has 0 atom stereocenters. The van der Waals surface area contributed by atoms with E-state index in [4.69, 9.17) is 0 Å². The van der Waals surface area contributed by atoms with Crippen molar-refractivity contribution in [1.82, 2.24) is 15.0 Å². The van der Waals surface area contributed by atoms with Gasteiger partial charge < -0.3 is 5.32 Å². The molecule has 0 bridgehead atoms. The summed E-state index contributed by atoms with van der Waals surface area (Å²) in [6.07, 6.45) is 3.74. The summed E-state index contributed by atoms with van der Waals surface area (Å²) in [5.74, 6) is 1.68. The Kier molecular flexibility index (Phi) is 4.44. The molecule has 0 amide bonds. The molecule has 0 spiro atoms. The number of hydrogen-bond acceptors (Lipinski definition) is 4. The van der Waals surface area contributed by atoms with Crippen LogP contribution in [0.3, 0.4) is 0 Å². The van der Waals surface area contributed by atoms with Crippen LogP contribution in [0.5, 0.6) is 0 Å². The SMILES string of the molecule is CCc1cc(NCc2ncccc2CC)nc(C)n1. The van der Waals surface area contributed by atoms with E-state index in [0.717, 1.165) is 35.9 Å². The molecule has 0 saturated carbocycles. The maximum Gasteiger partial charge on any atom is 0.130 e. The summed E-state index contributed by atoms with van der Waals surface area (Å²) in [5, 5.41) is 3.34. The van der Waals surface area contributed by atoms with Gasteiger partial charge in [-0.05, 0) is 31.4 Å². The number of pyridine rings is 1. The molecule has 19 heavy (non-hydrogen) atoms. The van der Waals surface area contributed by atoms with Crippen LogP contribution in [0.25, 0.3) is 0 Å². The second-order valence-corrected chi connectivity index (χ2v) is 4.46. The molecule has 0 aromatic carbocycles. The maximum atomic E-state index is 4.42. The molecule has 4 nitrogen and oxygen atoms in total. The van der Waals surface area contributed by atoms with E-state index in [1.165, 1.54) is 5.56 Å². The largest absolute Gasteiger partial charge is 0.364 e. The maximum absolute atomic E-state index is 4.42. The average molecular weight is 256 g/mol. The number of hydrogen-bond donors (Lipinski definition) is 1. The first-order valence-corrected chi connectivity index (χ1v) is 6.74. The molecule has 0 aliphatic rings. The molecule has 100 valence electrons. The Morgan fingerprint density at radius 3 is 2.74 bits per heavy atom. The van der Waals surface area contributed by atoms with E-state index in [1.807, 2.05) is 25.3 Å². The Labute approximate surface area is 114 Å². The Morgan fingerprint density at radius 1 is 1.16 bits per heavy atom. The third kappa shape index (κ3) is 3.50. The predicted octanol–water partition coefficient (Wildman–Crippen LogP) is 2.92. The summed E-state index contributed by atoms with van der Waals surface area (Å²) < 4.78 is 0. The fraction of sp³-hybridized carbons (Fsp3) is 0.400. The van der Waals surface area contributed by atoms with E-state index in [-0.39, 0.29) is 0 Å². The number of nitrogens with zero attached hydrogens (tertiary/aromatic N) is 3. The highest BCUT2D eigenvalue weighted by molar-refractivity contribution is 5.37. The third-order valence-corrected chi connectivity index (χ3v) is 3.06. The molecule has 0 unspecified atom stereocenters. The molecule has 1 N–H and O–H groups in total. The summed E-state index contributed by atoms with van der Waals surface area (Å²) in [4.78, 5) is 13.2. The van der Waals surface area contributed by atoms with Crippen molar-refractivity contribution in [2.24, 2.45) is 0 Å². The molecule has 4 heteroatoms. The summed E-state index contributed by atoms with van der Waals surface area (Å²) in [6, 6.07) is 6.10. The molecule has 2 heterocycles. The lowest BCUT2D eigenvalue weighted by molar-refractivity contribution is 0.924. The zero-order chi connectivity index (χ0) is 13.7.